The van der Waals surface area contributed by atoms with E-state index in [1.165, 1.54) is 0 Å². The van der Waals surface area contributed by atoms with Crippen LogP contribution in [0.5, 0.6) is 0 Å². The van der Waals surface area contributed by atoms with Crippen molar-refractivity contribution in [2.45, 2.75) is 304 Å². The molecule has 0 aliphatic carbocycles. The fourth-order valence-corrected chi connectivity index (χ4v) is 14.4. The Morgan fingerprint density at radius 1 is 0.232 bits per heavy atom. The Hall–Kier alpha value is -3.80. The van der Waals surface area contributed by atoms with E-state index in [0.717, 1.165) is 27.7 Å². The molecule has 9 fully saturated rings. The first-order chi connectivity index (χ1) is 53.0. The highest BCUT2D eigenvalue weighted by atomic mass is 16.8. The van der Waals surface area contributed by atoms with Crippen molar-refractivity contribution in [2.75, 3.05) is 59.5 Å². The Balaban J connectivity index is 1.04. The number of aliphatic hydroxyl groups is 25. The molecule has 45 atom stereocenters. The van der Waals surface area contributed by atoms with E-state index >= 15 is 0 Å². The summed E-state index contributed by atoms with van der Waals surface area (Å²) >= 11 is 0. The van der Waals surface area contributed by atoms with Crippen molar-refractivity contribution in [3.63, 3.8) is 0 Å². The van der Waals surface area contributed by atoms with Crippen LogP contribution in [0.1, 0.15) is 27.7 Å². The van der Waals surface area contributed by atoms with Gasteiger partial charge in [0.05, 0.1) is 59.5 Å². The first kappa shape index (κ1) is 92.1. The largest absolute Gasteiger partial charge is 0.394 e. The van der Waals surface area contributed by atoms with Crippen molar-refractivity contribution >= 4 is 23.6 Å². The van der Waals surface area contributed by atoms with E-state index in [2.05, 4.69) is 21.3 Å². The lowest BCUT2D eigenvalue weighted by Crippen LogP contribution is -2.71. The lowest BCUT2D eigenvalue weighted by atomic mass is 9.93. The molecule has 4 amide bonds. The van der Waals surface area contributed by atoms with E-state index in [0.29, 0.717) is 0 Å². The van der Waals surface area contributed by atoms with Crippen LogP contribution < -0.4 is 21.3 Å². The molecule has 0 unspecified atom stereocenters. The first-order valence-corrected chi connectivity index (χ1v) is 35.6. The van der Waals surface area contributed by atoms with Crippen LogP contribution in [-0.2, 0) is 99.7 Å². The average molecular weight is 1640 g/mol. The van der Waals surface area contributed by atoms with Crippen molar-refractivity contribution in [2.24, 2.45) is 0 Å². The van der Waals surface area contributed by atoms with Crippen LogP contribution in [0.4, 0.5) is 0 Å². The standard InChI is InChI=1S/C62H104N4O46/c1-14(75)63-27-38(86)47(23(10-72)97-54(27)95)106-56-29(65-16(3)77)40(88)49(25(12-74)103-56)108-60-46(94)51(36(84)26(105-60)13-96-58-45(93)50(35(83)22(9-71)99-58)109-62-53(43(91)34(82)21(8-70)102-62)112-59-44(92)41(89)32(80)19(6-68)100-59)110-61-52(42(90)33(81)20(7-69)101-61)111-57-30(66-17(4)78)39(87)48(24(11-73)104-57)107-55-28(64-15(2)76)37(85)31(79)18(5-67)98-55/h18-62,67-74,79-95H,5-13H2,1-4H3,(H,63,75)(H,64,76)(H,65,77)(H,66,78)/t18-,19-,20-,21-,22-,23-,24-,25-,26-,27-,28-,29-,30-,31+,32-,33-,34-,35-,36-,37-,38-,39-,40-,41+,42+,43+,44+,45+,46+,47-,48-,49-,50+,51+,52+,53+,54-,55+,56+,57+,58+,59-,60+,61-,62-/m1/s1. The maximum atomic E-state index is 13.0. The zero-order valence-corrected chi connectivity index (χ0v) is 60.1. The van der Waals surface area contributed by atoms with Gasteiger partial charge in [-0.25, -0.2) is 0 Å². The molecule has 9 saturated heterocycles. The number of hydrogen-bond acceptors (Lipinski definition) is 46. The average Bonchev–Trinajstić information content (AvgIpc) is 0.718. The third-order valence-electron chi connectivity index (χ3n) is 20.4. The predicted molar refractivity (Wildman–Crippen MR) is 343 cm³/mol. The molecule has 9 heterocycles. The molecule has 0 spiro atoms. The predicted octanol–water partition coefficient (Wildman–Crippen LogP) is -20.1. The summed E-state index contributed by atoms with van der Waals surface area (Å²) < 4.78 is 100. The van der Waals surface area contributed by atoms with Gasteiger partial charge in [0.25, 0.3) is 0 Å². The van der Waals surface area contributed by atoms with Gasteiger partial charge in [0.1, 0.15) is 219 Å². The van der Waals surface area contributed by atoms with Crippen LogP contribution in [0.3, 0.4) is 0 Å². The Morgan fingerprint density at radius 2 is 0.491 bits per heavy atom. The molecule has 0 bridgehead atoms. The molecule has 0 aromatic rings. The molecular weight excluding hydrogens is 1540 g/mol. The van der Waals surface area contributed by atoms with Crippen molar-refractivity contribution in [3.05, 3.63) is 0 Å². The van der Waals surface area contributed by atoms with E-state index < -0.39 is 359 Å². The summed E-state index contributed by atoms with van der Waals surface area (Å²) in [7, 11) is 0. The number of nitrogens with one attached hydrogen (secondary N) is 4. The van der Waals surface area contributed by atoms with Crippen LogP contribution >= 0.6 is 0 Å². The van der Waals surface area contributed by atoms with Gasteiger partial charge in [-0.3, -0.25) is 19.2 Å². The summed E-state index contributed by atoms with van der Waals surface area (Å²) in [6.45, 7) is -5.95. The van der Waals surface area contributed by atoms with Crippen molar-refractivity contribution in [3.8, 4) is 0 Å². The number of carbonyl (C=O) groups is 4. The lowest BCUT2D eigenvalue weighted by molar-refractivity contribution is -0.399. The third-order valence-corrected chi connectivity index (χ3v) is 20.4. The second-order valence-electron chi connectivity index (χ2n) is 28.2. The molecule has 0 saturated carbocycles. The smallest absolute Gasteiger partial charge is 0.217 e. The summed E-state index contributed by atoms with van der Waals surface area (Å²) in [5.74, 6) is -3.49. The summed E-state index contributed by atoms with van der Waals surface area (Å²) in [6, 6.07) is -7.19. The van der Waals surface area contributed by atoms with Crippen LogP contribution in [0.2, 0.25) is 0 Å². The third kappa shape index (κ3) is 20.2. The molecule has 648 valence electrons. The van der Waals surface area contributed by atoms with Crippen LogP contribution in [-0.4, -0.2) is 487 Å². The van der Waals surface area contributed by atoms with Gasteiger partial charge in [0, 0.05) is 27.7 Å². The van der Waals surface area contributed by atoms with Crippen molar-refractivity contribution in [1.29, 1.82) is 0 Å². The van der Waals surface area contributed by atoms with Gasteiger partial charge < -0.3 is 229 Å². The van der Waals surface area contributed by atoms with Crippen LogP contribution in [0.25, 0.3) is 0 Å². The van der Waals surface area contributed by atoms with E-state index in [4.69, 9.17) is 80.5 Å². The summed E-state index contributed by atoms with van der Waals surface area (Å²) in [5, 5.41) is 287. The van der Waals surface area contributed by atoms with Gasteiger partial charge in [-0.05, 0) is 0 Å². The molecule has 0 radical (unpaired) electrons. The molecule has 50 nitrogen and oxygen atoms in total. The second kappa shape index (κ2) is 40.3. The van der Waals surface area contributed by atoms with Gasteiger partial charge in [-0.1, -0.05) is 0 Å². The topological polar surface area (TPSA) is 779 Å². The fourth-order valence-electron chi connectivity index (χ4n) is 14.4. The quantitative estimate of drug-likeness (QED) is 0.0331. The fraction of sp³-hybridized carbons (Fsp3) is 0.935. The maximum Gasteiger partial charge on any atom is 0.217 e. The zero-order chi connectivity index (χ0) is 82.5. The summed E-state index contributed by atoms with van der Waals surface area (Å²) in [5.41, 5.74) is 0. The highest BCUT2D eigenvalue weighted by Gasteiger charge is 2.61. The van der Waals surface area contributed by atoms with Gasteiger partial charge >= 0.3 is 0 Å². The zero-order valence-electron chi connectivity index (χ0n) is 60.1. The van der Waals surface area contributed by atoms with Crippen LogP contribution in [0.15, 0.2) is 0 Å². The first-order valence-electron chi connectivity index (χ1n) is 35.6. The molecule has 50 heteroatoms. The van der Waals surface area contributed by atoms with Gasteiger partial charge in [0.2, 0.25) is 23.6 Å². The van der Waals surface area contributed by atoms with E-state index in [1.54, 1.807) is 0 Å². The normalized spacial score (nSPS) is 48.9. The Morgan fingerprint density at radius 3 is 0.902 bits per heavy atom. The van der Waals surface area contributed by atoms with E-state index in [9.17, 15) is 147 Å². The second-order valence-corrected chi connectivity index (χ2v) is 28.2. The summed E-state index contributed by atoms with van der Waals surface area (Å²) in [4.78, 5) is 50.4. The molecule has 9 aliphatic rings. The highest BCUT2D eigenvalue weighted by Crippen LogP contribution is 2.40. The molecule has 0 aromatic carbocycles. The minimum Gasteiger partial charge on any atom is -0.394 e. The molecule has 112 heavy (non-hydrogen) atoms. The Bertz CT molecular complexity index is 2970. The van der Waals surface area contributed by atoms with Crippen molar-refractivity contribution in [1.82, 2.24) is 21.3 Å². The SMILES string of the molecule is CC(=O)N[C@@H]1[C@@H](O)[C@H](O[C@@H]2O[C@H](CO)[C@@H](O[C@@H]3O[C@H](CO[C@H]4O[C@H](CO)[C@@H](O)[C@H](O[C@H]5O[C@H](CO)[C@@H](O)[C@H](O)[C@@H]5O[C@H]5O[C@H](CO)[C@@H](O)[C@H](O)[C@@H]5O)[C@@H]4O)[C@@H](O)[C@H](O[C@H]4O[C@H](CO)[C@@H](O)[C@H](O)[C@@H]4O[C@@H]4O[C@H](CO)[C@@H](O[C@@H]5O[C@H](CO)[C@H](O)[C@H](O)[C@H]5NC(C)=O)[C@H](O)[C@H]4NC(C)=O)[C@@H]3O)[C@H](O)[C@H]2NC(C)=O)[C@@H](CO)O[C@H]1O. The minimum atomic E-state index is -2.57. The van der Waals surface area contributed by atoms with Gasteiger partial charge in [-0.15, -0.1) is 0 Å². The lowest BCUT2D eigenvalue weighted by Gasteiger charge is -2.51. The van der Waals surface area contributed by atoms with Gasteiger partial charge in [-0.2, -0.15) is 0 Å². The summed E-state index contributed by atoms with van der Waals surface area (Å²) in [6.07, 6.45) is -85.6. The maximum absolute atomic E-state index is 13.0. The Labute approximate surface area is 634 Å². The van der Waals surface area contributed by atoms with E-state index in [1.807, 2.05) is 0 Å². The van der Waals surface area contributed by atoms with Crippen molar-refractivity contribution < 1.29 is 227 Å². The molecule has 9 aliphatic heterocycles. The minimum absolute atomic E-state index is 0.786. The van der Waals surface area contributed by atoms with E-state index in [-0.39, 0.29) is 0 Å². The molecular formula is C62H104N4O46. The number of carbonyl (C=O) groups excluding carboxylic acids is 4. The monoisotopic (exact) mass is 1640 g/mol. The number of rotatable bonds is 29. The molecule has 29 N–H and O–H groups in total. The number of aliphatic hydroxyl groups excluding tert-OH is 25. The highest BCUT2D eigenvalue weighted by molar-refractivity contribution is 5.74. The number of ether oxygens (including phenoxy) is 17. The molecule has 9 rings (SSSR count). The number of hydrogen-bond donors (Lipinski definition) is 29. The van der Waals surface area contributed by atoms with Gasteiger partial charge in [0.15, 0.2) is 56.6 Å². The molecule has 0 aromatic heterocycles. The van der Waals surface area contributed by atoms with Crippen LogP contribution in [0, 0.1) is 0 Å². The number of amides is 4. The Kier molecular flexibility index (Phi) is 33.1.